The molecular weight excluding hydrogens is 358 g/mol. The number of carbonyl (C=O) groups excluding carboxylic acids is 2. The summed E-state index contributed by atoms with van der Waals surface area (Å²) in [6.07, 6.45) is 4.65. The van der Waals surface area contributed by atoms with Crippen LogP contribution in [-0.2, 0) is 11.2 Å². The molecule has 0 saturated carbocycles. The van der Waals surface area contributed by atoms with E-state index >= 15 is 0 Å². The highest BCUT2D eigenvalue weighted by Gasteiger charge is 2.31. The molecule has 7 heteroatoms. The summed E-state index contributed by atoms with van der Waals surface area (Å²) in [5, 5.41) is 3.05. The highest BCUT2D eigenvalue weighted by atomic mass is 16.6. The molecule has 3 aliphatic rings. The Bertz CT molecular complexity index is 718. The molecule has 2 saturated heterocycles. The first-order valence-corrected chi connectivity index (χ1v) is 10.4. The summed E-state index contributed by atoms with van der Waals surface area (Å²) >= 11 is 0. The molecule has 3 aliphatic heterocycles. The van der Waals surface area contributed by atoms with Gasteiger partial charge >= 0.3 is 6.03 Å². The van der Waals surface area contributed by atoms with Crippen molar-refractivity contribution < 1.29 is 19.1 Å². The SMILES string of the molecule is O=C(NCCc1ccc2c(c1)OCCO2)C1CCCN(C(=O)N2CCCC2)C1. The number of fused-ring (bicyclic) bond motifs is 1. The topological polar surface area (TPSA) is 71.1 Å². The Hall–Kier alpha value is -2.44. The summed E-state index contributed by atoms with van der Waals surface area (Å²) in [5.41, 5.74) is 1.11. The van der Waals surface area contributed by atoms with E-state index in [0.717, 1.165) is 68.8 Å². The van der Waals surface area contributed by atoms with Crippen LogP contribution in [0.25, 0.3) is 0 Å². The minimum atomic E-state index is -0.111. The Morgan fingerprint density at radius 3 is 2.57 bits per heavy atom. The van der Waals surface area contributed by atoms with Crippen LogP contribution < -0.4 is 14.8 Å². The molecule has 1 aromatic rings. The van der Waals surface area contributed by atoms with Crippen molar-refractivity contribution in [3.63, 3.8) is 0 Å². The van der Waals surface area contributed by atoms with Crippen molar-refractivity contribution in [2.75, 3.05) is 45.9 Å². The lowest BCUT2D eigenvalue weighted by Gasteiger charge is -2.34. The first-order valence-electron chi connectivity index (χ1n) is 10.4. The van der Waals surface area contributed by atoms with Gasteiger partial charge in [-0.1, -0.05) is 6.07 Å². The number of hydrogen-bond acceptors (Lipinski definition) is 4. The minimum Gasteiger partial charge on any atom is -0.486 e. The fraction of sp³-hybridized carbons (Fsp3) is 0.619. The summed E-state index contributed by atoms with van der Waals surface area (Å²) < 4.78 is 11.1. The number of benzene rings is 1. The van der Waals surface area contributed by atoms with Crippen LogP contribution in [0.4, 0.5) is 4.79 Å². The number of piperidine rings is 1. The lowest BCUT2D eigenvalue weighted by atomic mass is 9.97. The van der Waals surface area contributed by atoms with Crippen LogP contribution in [0.15, 0.2) is 18.2 Å². The van der Waals surface area contributed by atoms with Crippen LogP contribution in [-0.4, -0.2) is 67.7 Å². The fourth-order valence-corrected chi connectivity index (χ4v) is 4.19. The molecule has 0 spiro atoms. The first-order chi connectivity index (χ1) is 13.7. The molecule has 0 radical (unpaired) electrons. The molecule has 1 unspecified atom stereocenters. The summed E-state index contributed by atoms with van der Waals surface area (Å²) in [4.78, 5) is 29.0. The number of urea groups is 1. The molecule has 152 valence electrons. The van der Waals surface area contributed by atoms with E-state index in [1.165, 1.54) is 0 Å². The molecule has 7 nitrogen and oxygen atoms in total. The zero-order valence-corrected chi connectivity index (χ0v) is 16.3. The Morgan fingerprint density at radius 1 is 1.00 bits per heavy atom. The zero-order valence-electron chi connectivity index (χ0n) is 16.3. The maximum Gasteiger partial charge on any atom is 0.320 e. The average molecular weight is 387 g/mol. The molecule has 1 atom stereocenters. The smallest absolute Gasteiger partial charge is 0.320 e. The van der Waals surface area contributed by atoms with Gasteiger partial charge < -0.3 is 24.6 Å². The highest BCUT2D eigenvalue weighted by Crippen LogP contribution is 2.30. The molecule has 1 aromatic carbocycles. The molecule has 1 N–H and O–H groups in total. The third kappa shape index (κ3) is 4.34. The summed E-state index contributed by atoms with van der Waals surface area (Å²) in [7, 11) is 0. The molecule has 2 fully saturated rings. The second kappa shape index (κ2) is 8.71. The largest absolute Gasteiger partial charge is 0.486 e. The van der Waals surface area contributed by atoms with Gasteiger partial charge in [0.05, 0.1) is 5.92 Å². The molecule has 0 aliphatic carbocycles. The van der Waals surface area contributed by atoms with Crippen molar-refractivity contribution in [1.29, 1.82) is 0 Å². The average Bonchev–Trinajstić information content (AvgIpc) is 3.28. The van der Waals surface area contributed by atoms with E-state index in [1.807, 2.05) is 28.0 Å². The van der Waals surface area contributed by atoms with E-state index in [9.17, 15) is 9.59 Å². The van der Waals surface area contributed by atoms with Crippen molar-refractivity contribution in [2.45, 2.75) is 32.1 Å². The van der Waals surface area contributed by atoms with Gasteiger partial charge in [-0.25, -0.2) is 4.79 Å². The maximum absolute atomic E-state index is 12.6. The van der Waals surface area contributed by atoms with Crippen molar-refractivity contribution in [2.24, 2.45) is 5.92 Å². The van der Waals surface area contributed by atoms with Gasteiger partial charge in [0.25, 0.3) is 0 Å². The molecule has 0 bridgehead atoms. The summed E-state index contributed by atoms with van der Waals surface area (Å²) in [6, 6.07) is 6.02. The number of nitrogens with one attached hydrogen (secondary N) is 1. The highest BCUT2D eigenvalue weighted by molar-refractivity contribution is 5.81. The Balaban J connectivity index is 1.25. The standard InChI is InChI=1S/C21H29N3O4/c25-20(17-4-3-11-24(15-17)21(26)23-9-1-2-10-23)22-8-7-16-5-6-18-19(14-16)28-13-12-27-18/h5-6,14,17H,1-4,7-13,15H2,(H,22,25). The van der Waals surface area contributed by atoms with Gasteiger partial charge in [-0.05, 0) is 49.8 Å². The molecule has 0 aromatic heterocycles. The molecule has 28 heavy (non-hydrogen) atoms. The van der Waals surface area contributed by atoms with E-state index in [2.05, 4.69) is 5.32 Å². The Kier molecular flexibility index (Phi) is 5.88. The van der Waals surface area contributed by atoms with Crippen LogP contribution in [0.1, 0.15) is 31.2 Å². The van der Waals surface area contributed by atoms with Crippen molar-refractivity contribution in [3.8, 4) is 11.5 Å². The van der Waals surface area contributed by atoms with Gasteiger partial charge in [0.15, 0.2) is 11.5 Å². The lowest BCUT2D eigenvalue weighted by Crippen LogP contribution is -2.49. The molecule has 3 amide bonds. The summed E-state index contributed by atoms with van der Waals surface area (Å²) in [5.74, 6) is 1.50. The van der Waals surface area contributed by atoms with Crippen molar-refractivity contribution >= 4 is 11.9 Å². The second-order valence-electron chi connectivity index (χ2n) is 7.78. The number of rotatable bonds is 4. The quantitative estimate of drug-likeness (QED) is 0.858. The van der Waals surface area contributed by atoms with Gasteiger partial charge in [-0.3, -0.25) is 4.79 Å². The molecule has 4 rings (SSSR count). The molecule has 3 heterocycles. The third-order valence-electron chi connectivity index (χ3n) is 5.76. The van der Waals surface area contributed by atoms with Crippen LogP contribution >= 0.6 is 0 Å². The lowest BCUT2D eigenvalue weighted by molar-refractivity contribution is -0.126. The number of carbonyl (C=O) groups is 2. The van der Waals surface area contributed by atoms with Crippen LogP contribution in [0.5, 0.6) is 11.5 Å². The predicted molar refractivity (Wildman–Crippen MR) is 105 cm³/mol. The van der Waals surface area contributed by atoms with E-state index in [4.69, 9.17) is 9.47 Å². The van der Waals surface area contributed by atoms with E-state index in [1.54, 1.807) is 0 Å². The number of amides is 3. The van der Waals surface area contributed by atoms with Gasteiger partial charge in [-0.15, -0.1) is 0 Å². The van der Waals surface area contributed by atoms with Crippen LogP contribution in [0, 0.1) is 5.92 Å². The van der Waals surface area contributed by atoms with Gasteiger partial charge in [0, 0.05) is 32.7 Å². The van der Waals surface area contributed by atoms with Crippen LogP contribution in [0.2, 0.25) is 0 Å². The van der Waals surface area contributed by atoms with Gasteiger partial charge in [0.2, 0.25) is 5.91 Å². The number of likely N-dealkylation sites (tertiary alicyclic amines) is 2. The second-order valence-corrected chi connectivity index (χ2v) is 7.78. The Morgan fingerprint density at radius 2 is 1.75 bits per heavy atom. The van der Waals surface area contributed by atoms with Gasteiger partial charge in [-0.2, -0.15) is 0 Å². The summed E-state index contributed by atoms with van der Waals surface area (Å²) in [6.45, 7) is 4.72. The minimum absolute atomic E-state index is 0.0523. The predicted octanol–water partition coefficient (Wildman–Crippen LogP) is 2.04. The van der Waals surface area contributed by atoms with E-state index in [0.29, 0.717) is 26.3 Å². The first kappa shape index (κ1) is 18.9. The normalized spacial score (nSPS) is 21.5. The monoisotopic (exact) mass is 387 g/mol. The maximum atomic E-state index is 12.6. The number of nitrogens with zero attached hydrogens (tertiary/aromatic N) is 2. The van der Waals surface area contributed by atoms with Crippen molar-refractivity contribution in [1.82, 2.24) is 15.1 Å². The zero-order chi connectivity index (χ0) is 19.3. The van der Waals surface area contributed by atoms with E-state index in [-0.39, 0.29) is 17.9 Å². The Labute approximate surface area is 166 Å². The van der Waals surface area contributed by atoms with Crippen LogP contribution in [0.3, 0.4) is 0 Å². The third-order valence-corrected chi connectivity index (χ3v) is 5.76. The van der Waals surface area contributed by atoms with Crippen molar-refractivity contribution in [3.05, 3.63) is 23.8 Å². The number of hydrogen-bond donors (Lipinski definition) is 1. The van der Waals surface area contributed by atoms with E-state index < -0.39 is 0 Å². The number of ether oxygens (including phenoxy) is 2. The molecular formula is C21H29N3O4. The van der Waals surface area contributed by atoms with Gasteiger partial charge in [0.1, 0.15) is 13.2 Å². The fourth-order valence-electron chi connectivity index (χ4n) is 4.19.